The van der Waals surface area contributed by atoms with Gasteiger partial charge >= 0.3 is 0 Å². The second-order valence-corrected chi connectivity index (χ2v) is 13.9. The Balaban J connectivity index is 0.994. The van der Waals surface area contributed by atoms with E-state index in [9.17, 15) is 0 Å². The number of hydrogen-bond donors (Lipinski definition) is 0. The molecule has 5 aliphatic rings. The van der Waals surface area contributed by atoms with Crippen molar-refractivity contribution in [1.29, 1.82) is 0 Å². The van der Waals surface area contributed by atoms with Gasteiger partial charge in [-0.25, -0.2) is 0 Å². The Morgan fingerprint density at radius 2 is 1.25 bits per heavy atom. The SMILES string of the molecule is C1=CCCC(c2ccc(N(c3ccc(C4=CC=CC5c6ccccc6OC45)cc3)c3ccc(C4=C5Oc6ccccc6C5CC=C4)cc3)cc2)=C1. The summed E-state index contributed by atoms with van der Waals surface area (Å²) in [5.74, 6) is 3.54. The van der Waals surface area contributed by atoms with Gasteiger partial charge in [0.25, 0.3) is 0 Å². The lowest BCUT2D eigenvalue weighted by molar-refractivity contribution is 0.278. The number of allylic oxidation sites excluding steroid dienone is 10. The van der Waals surface area contributed by atoms with Crippen LogP contribution in [0.4, 0.5) is 17.1 Å². The molecule has 0 aromatic heterocycles. The first-order valence-electron chi connectivity index (χ1n) is 18.1. The minimum atomic E-state index is -0.0150. The van der Waals surface area contributed by atoms with Gasteiger partial charge in [-0.2, -0.15) is 0 Å². The van der Waals surface area contributed by atoms with E-state index in [1.165, 1.54) is 33.4 Å². The lowest BCUT2D eigenvalue weighted by atomic mass is 9.84. The highest BCUT2D eigenvalue weighted by Gasteiger charge is 2.37. The number of rotatable bonds is 6. The van der Waals surface area contributed by atoms with Gasteiger partial charge in [0.2, 0.25) is 0 Å². The average molecular weight is 660 g/mol. The minimum absolute atomic E-state index is 0.0150. The van der Waals surface area contributed by atoms with Gasteiger partial charge < -0.3 is 14.4 Å². The summed E-state index contributed by atoms with van der Waals surface area (Å²) in [5.41, 5.74) is 13.3. The largest absolute Gasteiger partial charge is 0.484 e. The van der Waals surface area contributed by atoms with E-state index in [1.807, 2.05) is 0 Å². The van der Waals surface area contributed by atoms with Crippen LogP contribution in [0.5, 0.6) is 11.5 Å². The standard InChI is InChI=1S/C48H37NO2/c1-2-10-32(11-3-1)33-20-26-36(27-21-33)49(37-28-22-34(23-29-37)39-14-8-16-43-41-12-4-6-18-45(41)50-47(39)43)38-30-24-35(25-31-38)40-15-9-17-44-42-13-5-7-19-46(42)51-48(40)44/h1-2,4-10,12-16,18-31,43-44,47H,3,11,17H2. The van der Waals surface area contributed by atoms with Crippen LogP contribution < -0.4 is 14.4 Å². The second-order valence-electron chi connectivity index (χ2n) is 13.9. The Kier molecular flexibility index (Phi) is 7.23. The Morgan fingerprint density at radius 3 is 1.98 bits per heavy atom. The van der Waals surface area contributed by atoms with E-state index in [2.05, 4.69) is 175 Å². The minimum Gasteiger partial charge on any atom is -0.484 e. The Morgan fingerprint density at radius 1 is 0.588 bits per heavy atom. The average Bonchev–Trinajstić information content (AvgIpc) is 3.78. The molecule has 0 spiro atoms. The van der Waals surface area contributed by atoms with Crippen LogP contribution in [0.1, 0.15) is 58.9 Å². The summed E-state index contributed by atoms with van der Waals surface area (Å²) in [6.07, 6.45) is 20.9. The normalized spacial score (nSPS) is 20.7. The lowest BCUT2D eigenvalue weighted by Gasteiger charge is -2.27. The molecule has 2 aliphatic heterocycles. The quantitative estimate of drug-likeness (QED) is 0.181. The van der Waals surface area contributed by atoms with Crippen molar-refractivity contribution >= 4 is 33.8 Å². The first-order valence-corrected chi connectivity index (χ1v) is 18.1. The predicted molar refractivity (Wildman–Crippen MR) is 209 cm³/mol. The fourth-order valence-corrected chi connectivity index (χ4v) is 8.35. The molecule has 5 aromatic rings. The molecular weight excluding hydrogens is 623 g/mol. The van der Waals surface area contributed by atoms with E-state index in [0.717, 1.165) is 64.7 Å². The smallest absolute Gasteiger partial charge is 0.135 e. The third-order valence-electron chi connectivity index (χ3n) is 10.9. The maximum absolute atomic E-state index is 6.50. The molecule has 0 bridgehead atoms. The van der Waals surface area contributed by atoms with Crippen LogP contribution in [0.2, 0.25) is 0 Å². The van der Waals surface area contributed by atoms with Crippen molar-refractivity contribution in [3.8, 4) is 11.5 Å². The van der Waals surface area contributed by atoms with Crippen LogP contribution in [0.15, 0.2) is 176 Å². The monoisotopic (exact) mass is 659 g/mol. The molecule has 2 heterocycles. The van der Waals surface area contributed by atoms with E-state index in [4.69, 9.17) is 9.47 Å². The van der Waals surface area contributed by atoms with Gasteiger partial charge in [0.15, 0.2) is 0 Å². The number of para-hydroxylation sites is 2. The Labute approximate surface area is 299 Å². The van der Waals surface area contributed by atoms with E-state index >= 15 is 0 Å². The van der Waals surface area contributed by atoms with Gasteiger partial charge in [-0.05, 0) is 90.1 Å². The van der Waals surface area contributed by atoms with Gasteiger partial charge in [0.1, 0.15) is 23.4 Å². The van der Waals surface area contributed by atoms with E-state index in [0.29, 0.717) is 0 Å². The van der Waals surface area contributed by atoms with Gasteiger partial charge in [-0.15, -0.1) is 0 Å². The van der Waals surface area contributed by atoms with E-state index < -0.39 is 0 Å². The predicted octanol–water partition coefficient (Wildman–Crippen LogP) is 12.2. The fraction of sp³-hybridized carbons (Fsp3) is 0.125. The van der Waals surface area contributed by atoms with Gasteiger partial charge in [0.05, 0.1) is 0 Å². The summed E-state index contributed by atoms with van der Waals surface area (Å²) in [4.78, 5) is 2.35. The zero-order valence-electron chi connectivity index (χ0n) is 28.3. The summed E-state index contributed by atoms with van der Waals surface area (Å²) in [6, 6.07) is 43.8. The van der Waals surface area contributed by atoms with Gasteiger partial charge in [-0.3, -0.25) is 0 Å². The fourth-order valence-electron chi connectivity index (χ4n) is 8.35. The first-order chi connectivity index (χ1) is 25.3. The van der Waals surface area contributed by atoms with Crippen molar-refractivity contribution in [2.45, 2.75) is 37.2 Å². The van der Waals surface area contributed by atoms with Gasteiger partial charge in [0, 0.05) is 51.2 Å². The molecule has 0 N–H and O–H groups in total. The molecule has 51 heavy (non-hydrogen) atoms. The number of nitrogens with zero attached hydrogens (tertiary/aromatic N) is 1. The maximum Gasteiger partial charge on any atom is 0.135 e. The molecular formula is C48H37NO2. The molecule has 5 aromatic carbocycles. The highest BCUT2D eigenvalue weighted by Crippen LogP contribution is 2.49. The van der Waals surface area contributed by atoms with Gasteiger partial charge in [-0.1, -0.05) is 121 Å². The zero-order chi connectivity index (χ0) is 33.7. The highest BCUT2D eigenvalue weighted by molar-refractivity contribution is 5.84. The molecule has 3 unspecified atom stereocenters. The summed E-state index contributed by atoms with van der Waals surface area (Å²) in [7, 11) is 0. The van der Waals surface area contributed by atoms with Crippen molar-refractivity contribution in [3.63, 3.8) is 0 Å². The lowest BCUT2D eigenvalue weighted by Crippen LogP contribution is -2.21. The highest BCUT2D eigenvalue weighted by atomic mass is 16.5. The van der Waals surface area contributed by atoms with Crippen molar-refractivity contribution in [2.75, 3.05) is 4.90 Å². The Bertz CT molecular complexity index is 2330. The number of ether oxygens (including phenoxy) is 2. The molecule has 0 saturated carbocycles. The number of anilines is 3. The van der Waals surface area contributed by atoms with Crippen LogP contribution >= 0.6 is 0 Å². The molecule has 0 fully saturated rings. The Hall–Kier alpha value is -6.06. The summed E-state index contributed by atoms with van der Waals surface area (Å²) in [5, 5.41) is 0. The number of hydrogen-bond acceptors (Lipinski definition) is 3. The number of fused-ring (bicyclic) bond motifs is 6. The van der Waals surface area contributed by atoms with Crippen LogP contribution in [-0.4, -0.2) is 6.10 Å². The molecule has 3 atom stereocenters. The van der Waals surface area contributed by atoms with Crippen molar-refractivity contribution in [3.05, 3.63) is 204 Å². The summed E-state index contributed by atoms with van der Waals surface area (Å²) < 4.78 is 13.0. The van der Waals surface area contributed by atoms with Crippen LogP contribution in [-0.2, 0) is 0 Å². The molecule has 3 heteroatoms. The number of benzene rings is 5. The van der Waals surface area contributed by atoms with E-state index in [1.54, 1.807) is 0 Å². The van der Waals surface area contributed by atoms with Crippen LogP contribution in [0, 0.1) is 0 Å². The molecule has 3 aliphatic carbocycles. The summed E-state index contributed by atoms with van der Waals surface area (Å²) >= 11 is 0. The van der Waals surface area contributed by atoms with Crippen LogP contribution in [0.25, 0.3) is 16.7 Å². The molecule has 0 radical (unpaired) electrons. The molecule has 246 valence electrons. The van der Waals surface area contributed by atoms with Crippen LogP contribution in [0.3, 0.4) is 0 Å². The third-order valence-corrected chi connectivity index (χ3v) is 10.9. The molecule has 0 saturated heterocycles. The zero-order valence-corrected chi connectivity index (χ0v) is 28.3. The molecule has 3 nitrogen and oxygen atoms in total. The second kappa shape index (κ2) is 12.4. The first kappa shape index (κ1) is 29.8. The third kappa shape index (κ3) is 5.20. The van der Waals surface area contributed by atoms with E-state index in [-0.39, 0.29) is 17.9 Å². The topological polar surface area (TPSA) is 21.7 Å². The molecule has 10 rings (SSSR count). The van der Waals surface area contributed by atoms with Crippen molar-refractivity contribution in [2.24, 2.45) is 0 Å². The van der Waals surface area contributed by atoms with Crippen molar-refractivity contribution in [1.82, 2.24) is 0 Å². The molecule has 0 amide bonds. The van der Waals surface area contributed by atoms with Crippen molar-refractivity contribution < 1.29 is 9.47 Å². The maximum atomic E-state index is 6.50. The summed E-state index contributed by atoms with van der Waals surface area (Å²) in [6.45, 7) is 0.